The first-order valence-corrected chi connectivity index (χ1v) is 5.29. The Hall–Kier alpha value is -0.900. The van der Waals surface area contributed by atoms with Crippen molar-refractivity contribution in [3.8, 4) is 0 Å². The van der Waals surface area contributed by atoms with Gasteiger partial charge in [0.05, 0.1) is 12.7 Å². The zero-order valence-electron chi connectivity index (χ0n) is 8.73. The minimum Gasteiger partial charge on any atom is -0.388 e. The summed E-state index contributed by atoms with van der Waals surface area (Å²) in [5, 5.41) is 10.3. The highest BCUT2D eigenvalue weighted by Crippen LogP contribution is 2.39. The lowest BCUT2D eigenvalue weighted by atomic mass is 9.78. The number of aliphatic hydroxyl groups is 1. The van der Waals surface area contributed by atoms with E-state index < -0.39 is 6.10 Å². The largest absolute Gasteiger partial charge is 0.388 e. The van der Waals surface area contributed by atoms with Crippen molar-refractivity contribution in [2.45, 2.75) is 12.5 Å². The standard InChI is InChI=1S/C12H17NO2/c13-8-12(6-7-15-9-12)11(14)10-4-2-1-3-5-10/h1-5,11,14H,6-9,13H2. The minimum absolute atomic E-state index is 0.290. The van der Waals surface area contributed by atoms with Gasteiger partial charge in [0.2, 0.25) is 0 Å². The molecule has 15 heavy (non-hydrogen) atoms. The van der Waals surface area contributed by atoms with Crippen molar-refractivity contribution in [3.63, 3.8) is 0 Å². The van der Waals surface area contributed by atoms with Gasteiger partial charge in [0, 0.05) is 18.6 Å². The van der Waals surface area contributed by atoms with Gasteiger partial charge in [-0.2, -0.15) is 0 Å². The number of benzene rings is 1. The van der Waals surface area contributed by atoms with Gasteiger partial charge in [0.15, 0.2) is 0 Å². The first kappa shape index (κ1) is 10.6. The van der Waals surface area contributed by atoms with Crippen LogP contribution in [0.3, 0.4) is 0 Å². The molecule has 0 amide bonds. The molecule has 2 unspecified atom stereocenters. The number of rotatable bonds is 3. The summed E-state index contributed by atoms with van der Waals surface area (Å²) in [5.41, 5.74) is 6.40. The fourth-order valence-corrected chi connectivity index (χ4v) is 2.10. The highest BCUT2D eigenvalue weighted by atomic mass is 16.5. The molecular formula is C12H17NO2. The van der Waals surface area contributed by atoms with E-state index in [4.69, 9.17) is 10.5 Å². The highest BCUT2D eigenvalue weighted by molar-refractivity contribution is 5.20. The van der Waals surface area contributed by atoms with E-state index in [2.05, 4.69) is 0 Å². The van der Waals surface area contributed by atoms with E-state index in [1.807, 2.05) is 30.3 Å². The molecule has 0 radical (unpaired) electrons. The van der Waals surface area contributed by atoms with E-state index >= 15 is 0 Å². The first-order valence-electron chi connectivity index (χ1n) is 5.29. The summed E-state index contributed by atoms with van der Waals surface area (Å²) in [6.45, 7) is 1.71. The molecule has 0 bridgehead atoms. The van der Waals surface area contributed by atoms with E-state index in [1.54, 1.807) is 0 Å². The van der Waals surface area contributed by atoms with Gasteiger partial charge < -0.3 is 15.6 Å². The molecule has 1 saturated heterocycles. The molecular weight excluding hydrogens is 190 g/mol. The number of nitrogens with two attached hydrogens (primary N) is 1. The van der Waals surface area contributed by atoms with Crippen LogP contribution in [0.15, 0.2) is 30.3 Å². The van der Waals surface area contributed by atoms with Crippen molar-refractivity contribution in [2.75, 3.05) is 19.8 Å². The molecule has 82 valence electrons. The number of hydrogen-bond acceptors (Lipinski definition) is 3. The SMILES string of the molecule is NCC1(C(O)c2ccccc2)CCOC1. The third-order valence-corrected chi connectivity index (χ3v) is 3.24. The lowest BCUT2D eigenvalue weighted by Gasteiger charge is -2.31. The van der Waals surface area contributed by atoms with Gasteiger partial charge >= 0.3 is 0 Å². The average Bonchev–Trinajstić information content (AvgIpc) is 2.79. The van der Waals surface area contributed by atoms with E-state index in [0.717, 1.165) is 12.0 Å². The number of hydrogen-bond donors (Lipinski definition) is 2. The lowest BCUT2D eigenvalue weighted by molar-refractivity contribution is 0.0191. The zero-order chi connectivity index (χ0) is 10.7. The van der Waals surface area contributed by atoms with Crippen LogP contribution in [0.1, 0.15) is 18.1 Å². The quantitative estimate of drug-likeness (QED) is 0.780. The van der Waals surface area contributed by atoms with Crippen LogP contribution in [-0.2, 0) is 4.74 Å². The van der Waals surface area contributed by atoms with Crippen LogP contribution >= 0.6 is 0 Å². The van der Waals surface area contributed by atoms with E-state index in [-0.39, 0.29) is 5.41 Å². The van der Waals surface area contributed by atoms with Gasteiger partial charge in [-0.3, -0.25) is 0 Å². The molecule has 3 nitrogen and oxygen atoms in total. The molecule has 0 aromatic heterocycles. The van der Waals surface area contributed by atoms with Crippen LogP contribution < -0.4 is 5.73 Å². The molecule has 0 aliphatic carbocycles. The maximum atomic E-state index is 10.3. The predicted octanol–water partition coefficient (Wildman–Crippen LogP) is 1.09. The normalized spacial score (nSPS) is 27.9. The van der Waals surface area contributed by atoms with Crippen molar-refractivity contribution in [1.82, 2.24) is 0 Å². The highest BCUT2D eigenvalue weighted by Gasteiger charge is 2.41. The summed E-state index contributed by atoms with van der Waals surface area (Å²) >= 11 is 0. The Morgan fingerprint density at radius 2 is 2.13 bits per heavy atom. The second-order valence-corrected chi connectivity index (χ2v) is 4.18. The molecule has 0 saturated carbocycles. The van der Waals surface area contributed by atoms with Crippen LogP contribution in [0.5, 0.6) is 0 Å². The average molecular weight is 207 g/mol. The Bertz CT molecular complexity index is 307. The fraction of sp³-hybridized carbons (Fsp3) is 0.500. The Kier molecular flexibility index (Phi) is 3.05. The molecule has 0 spiro atoms. The van der Waals surface area contributed by atoms with Crippen LogP contribution in [0, 0.1) is 5.41 Å². The maximum Gasteiger partial charge on any atom is 0.0881 e. The predicted molar refractivity (Wildman–Crippen MR) is 58.3 cm³/mol. The monoisotopic (exact) mass is 207 g/mol. The molecule has 3 heteroatoms. The molecule has 2 rings (SSSR count). The summed E-state index contributed by atoms with van der Waals surface area (Å²) in [6.07, 6.45) is 0.311. The topological polar surface area (TPSA) is 55.5 Å². The summed E-state index contributed by atoms with van der Waals surface area (Å²) in [6, 6.07) is 9.66. The minimum atomic E-state index is -0.522. The van der Waals surface area contributed by atoms with Gasteiger partial charge in [0.25, 0.3) is 0 Å². The fourth-order valence-electron chi connectivity index (χ4n) is 2.10. The van der Waals surface area contributed by atoms with Crippen LogP contribution in [-0.4, -0.2) is 24.9 Å². The molecule has 1 heterocycles. The summed E-state index contributed by atoms with van der Waals surface area (Å²) in [5.74, 6) is 0. The van der Waals surface area contributed by atoms with Gasteiger partial charge in [-0.15, -0.1) is 0 Å². The molecule has 1 aliphatic heterocycles. The van der Waals surface area contributed by atoms with Crippen molar-refractivity contribution < 1.29 is 9.84 Å². The van der Waals surface area contributed by atoms with Crippen LogP contribution in [0.4, 0.5) is 0 Å². The molecule has 3 N–H and O–H groups in total. The Labute approximate surface area is 89.9 Å². The van der Waals surface area contributed by atoms with Crippen molar-refractivity contribution in [3.05, 3.63) is 35.9 Å². The molecule has 1 aliphatic rings. The second-order valence-electron chi connectivity index (χ2n) is 4.18. The van der Waals surface area contributed by atoms with E-state index in [0.29, 0.717) is 19.8 Å². The third-order valence-electron chi connectivity index (χ3n) is 3.24. The van der Waals surface area contributed by atoms with E-state index in [1.165, 1.54) is 0 Å². The maximum absolute atomic E-state index is 10.3. The molecule has 1 aromatic carbocycles. The van der Waals surface area contributed by atoms with Gasteiger partial charge in [-0.05, 0) is 12.0 Å². The molecule has 1 fully saturated rings. The summed E-state index contributed by atoms with van der Waals surface area (Å²) in [7, 11) is 0. The van der Waals surface area contributed by atoms with Gasteiger partial charge in [-0.1, -0.05) is 30.3 Å². The van der Waals surface area contributed by atoms with Crippen molar-refractivity contribution in [1.29, 1.82) is 0 Å². The van der Waals surface area contributed by atoms with E-state index in [9.17, 15) is 5.11 Å². The third kappa shape index (κ3) is 1.91. The van der Waals surface area contributed by atoms with Crippen LogP contribution in [0.2, 0.25) is 0 Å². The lowest BCUT2D eigenvalue weighted by Crippen LogP contribution is -2.37. The zero-order valence-corrected chi connectivity index (χ0v) is 8.73. The summed E-state index contributed by atoms with van der Waals surface area (Å²) in [4.78, 5) is 0. The summed E-state index contributed by atoms with van der Waals surface area (Å²) < 4.78 is 5.35. The Morgan fingerprint density at radius 1 is 1.40 bits per heavy atom. The number of ether oxygens (including phenoxy) is 1. The Morgan fingerprint density at radius 3 is 2.67 bits per heavy atom. The smallest absolute Gasteiger partial charge is 0.0881 e. The van der Waals surface area contributed by atoms with Crippen molar-refractivity contribution in [2.24, 2.45) is 11.1 Å². The van der Waals surface area contributed by atoms with Gasteiger partial charge in [-0.25, -0.2) is 0 Å². The first-order chi connectivity index (χ1) is 7.28. The number of aliphatic hydroxyl groups excluding tert-OH is 1. The molecule has 2 atom stereocenters. The Balaban J connectivity index is 2.22. The van der Waals surface area contributed by atoms with Gasteiger partial charge in [0.1, 0.15) is 0 Å². The van der Waals surface area contributed by atoms with Crippen LogP contribution in [0.25, 0.3) is 0 Å². The second kappa shape index (κ2) is 4.31. The van der Waals surface area contributed by atoms with Crippen molar-refractivity contribution >= 4 is 0 Å². The molecule has 1 aromatic rings.